The van der Waals surface area contributed by atoms with Gasteiger partial charge in [0, 0.05) is 32.1 Å². The minimum Gasteiger partial charge on any atom is -0.354 e. The van der Waals surface area contributed by atoms with Crippen LogP contribution in [-0.2, 0) is 14.8 Å². The van der Waals surface area contributed by atoms with Crippen LogP contribution in [0.3, 0.4) is 0 Å². The van der Waals surface area contributed by atoms with Gasteiger partial charge in [0.1, 0.15) is 5.82 Å². The zero-order valence-electron chi connectivity index (χ0n) is 13.3. The molecule has 1 heterocycles. The minimum atomic E-state index is -3.70. The molecule has 1 aliphatic heterocycles. The normalized spacial score (nSPS) is 18.7. The molecule has 1 saturated heterocycles. The number of sulfonamides is 1. The number of hydrogen-bond donors (Lipinski definition) is 2. The summed E-state index contributed by atoms with van der Waals surface area (Å²) in [5.41, 5.74) is 5.33. The number of carbonyl (C=O) groups excluding carboxylic acids is 1. The molecule has 0 aliphatic carbocycles. The monoisotopic (exact) mass is 379 g/mol. The smallest absolute Gasteiger partial charge is 0.243 e. The summed E-state index contributed by atoms with van der Waals surface area (Å²) < 4.78 is 39.9. The van der Waals surface area contributed by atoms with Gasteiger partial charge in [-0.1, -0.05) is 6.42 Å². The van der Waals surface area contributed by atoms with E-state index in [1.54, 1.807) is 0 Å². The summed E-state index contributed by atoms with van der Waals surface area (Å²) in [7, 11) is -3.70. The number of rotatable bonds is 6. The number of piperidine rings is 1. The fourth-order valence-electron chi connectivity index (χ4n) is 2.69. The fraction of sp³-hybridized carbons (Fsp3) is 0.533. The predicted molar refractivity (Wildman–Crippen MR) is 91.9 cm³/mol. The standard InChI is InChI=1S/C15H22FN3O3S.ClH/c16-12-4-6-14(7-5-12)23(21,22)19-10-2-1-3-13(19)11-18-15(20)8-9-17;/h4-7,13H,1-3,8-11,17H2,(H,18,20);1H. The van der Waals surface area contributed by atoms with E-state index in [4.69, 9.17) is 5.73 Å². The Hall–Kier alpha value is -1.22. The molecule has 1 amide bonds. The van der Waals surface area contributed by atoms with Crippen LogP contribution in [0.25, 0.3) is 0 Å². The van der Waals surface area contributed by atoms with Gasteiger partial charge in [-0.2, -0.15) is 4.31 Å². The quantitative estimate of drug-likeness (QED) is 0.778. The third kappa shape index (κ3) is 5.14. The molecule has 1 aliphatic rings. The first-order valence-corrected chi connectivity index (χ1v) is 9.13. The molecule has 1 atom stereocenters. The van der Waals surface area contributed by atoms with Crippen molar-refractivity contribution in [1.82, 2.24) is 9.62 Å². The van der Waals surface area contributed by atoms with Crippen molar-refractivity contribution in [2.45, 2.75) is 36.6 Å². The number of carbonyl (C=O) groups is 1. The molecule has 1 aromatic rings. The van der Waals surface area contributed by atoms with Crippen LogP contribution in [-0.4, -0.2) is 44.3 Å². The molecule has 0 aromatic heterocycles. The van der Waals surface area contributed by atoms with E-state index >= 15 is 0 Å². The first-order chi connectivity index (χ1) is 10.9. The van der Waals surface area contributed by atoms with Crippen molar-refractivity contribution in [2.75, 3.05) is 19.6 Å². The first kappa shape index (κ1) is 20.8. The molecule has 1 aromatic carbocycles. The summed E-state index contributed by atoms with van der Waals surface area (Å²) in [5, 5.41) is 2.73. The Morgan fingerprint density at radius 1 is 1.29 bits per heavy atom. The van der Waals surface area contributed by atoms with Gasteiger partial charge in [0.15, 0.2) is 0 Å². The maximum Gasteiger partial charge on any atom is 0.243 e. The largest absolute Gasteiger partial charge is 0.354 e. The van der Waals surface area contributed by atoms with Crippen molar-refractivity contribution in [1.29, 1.82) is 0 Å². The van der Waals surface area contributed by atoms with Crippen molar-refractivity contribution in [2.24, 2.45) is 5.73 Å². The molecule has 1 fully saturated rings. The number of amides is 1. The van der Waals surface area contributed by atoms with Crippen LogP contribution >= 0.6 is 12.4 Å². The first-order valence-electron chi connectivity index (χ1n) is 7.69. The molecule has 136 valence electrons. The average Bonchev–Trinajstić information content (AvgIpc) is 2.54. The predicted octanol–water partition coefficient (Wildman–Crippen LogP) is 1.26. The summed E-state index contributed by atoms with van der Waals surface area (Å²) in [6.45, 7) is 0.921. The second-order valence-corrected chi connectivity index (χ2v) is 7.45. The maximum atomic E-state index is 13.0. The Kier molecular flexibility index (Phi) is 8.08. The van der Waals surface area contributed by atoms with E-state index < -0.39 is 15.8 Å². The molecular formula is C15H23ClFN3O3S. The van der Waals surface area contributed by atoms with Gasteiger partial charge >= 0.3 is 0 Å². The van der Waals surface area contributed by atoms with Crippen LogP contribution in [0, 0.1) is 5.82 Å². The zero-order chi connectivity index (χ0) is 16.9. The van der Waals surface area contributed by atoms with E-state index in [1.165, 1.54) is 16.4 Å². The highest BCUT2D eigenvalue weighted by molar-refractivity contribution is 7.89. The molecule has 9 heteroatoms. The van der Waals surface area contributed by atoms with Gasteiger partial charge in [-0.05, 0) is 37.1 Å². The van der Waals surface area contributed by atoms with Gasteiger partial charge in [-0.3, -0.25) is 4.79 Å². The highest BCUT2D eigenvalue weighted by Crippen LogP contribution is 2.25. The highest BCUT2D eigenvalue weighted by atomic mass is 35.5. The number of hydrogen-bond acceptors (Lipinski definition) is 4. The lowest BCUT2D eigenvalue weighted by atomic mass is 10.1. The molecule has 0 saturated carbocycles. The molecule has 0 bridgehead atoms. The van der Waals surface area contributed by atoms with E-state index in [9.17, 15) is 17.6 Å². The van der Waals surface area contributed by atoms with Crippen molar-refractivity contribution in [3.63, 3.8) is 0 Å². The molecule has 0 radical (unpaired) electrons. The molecule has 0 spiro atoms. The van der Waals surface area contributed by atoms with Gasteiger partial charge in [0.05, 0.1) is 4.90 Å². The van der Waals surface area contributed by atoms with E-state index in [1.807, 2.05) is 0 Å². The lowest BCUT2D eigenvalue weighted by Crippen LogP contribution is -2.49. The Bertz CT molecular complexity index is 640. The molecule has 24 heavy (non-hydrogen) atoms. The summed E-state index contributed by atoms with van der Waals surface area (Å²) >= 11 is 0. The van der Waals surface area contributed by atoms with E-state index in [2.05, 4.69) is 5.32 Å². The third-order valence-electron chi connectivity index (χ3n) is 3.90. The molecule has 2 rings (SSSR count). The molecule has 3 N–H and O–H groups in total. The Morgan fingerprint density at radius 3 is 2.58 bits per heavy atom. The Balaban J connectivity index is 0.00000288. The Labute approximate surface area is 148 Å². The number of nitrogens with two attached hydrogens (primary N) is 1. The van der Waals surface area contributed by atoms with Crippen LogP contribution in [0.5, 0.6) is 0 Å². The SMILES string of the molecule is Cl.NCCC(=O)NCC1CCCCN1S(=O)(=O)c1ccc(F)cc1. The minimum absolute atomic E-state index is 0. The van der Waals surface area contributed by atoms with E-state index in [0.717, 1.165) is 25.0 Å². The fourth-order valence-corrected chi connectivity index (χ4v) is 4.38. The zero-order valence-corrected chi connectivity index (χ0v) is 14.9. The third-order valence-corrected chi connectivity index (χ3v) is 5.87. The number of nitrogens with one attached hydrogen (secondary N) is 1. The highest BCUT2D eigenvalue weighted by Gasteiger charge is 2.33. The van der Waals surface area contributed by atoms with Gasteiger partial charge in [-0.25, -0.2) is 12.8 Å². The van der Waals surface area contributed by atoms with E-state index in [-0.39, 0.29) is 48.8 Å². The summed E-state index contributed by atoms with van der Waals surface area (Å²) in [4.78, 5) is 11.6. The van der Waals surface area contributed by atoms with E-state index in [0.29, 0.717) is 13.0 Å². The van der Waals surface area contributed by atoms with Crippen LogP contribution in [0.2, 0.25) is 0 Å². The second kappa shape index (κ2) is 9.31. The Morgan fingerprint density at radius 2 is 1.96 bits per heavy atom. The maximum absolute atomic E-state index is 13.0. The van der Waals surface area contributed by atoms with Crippen LogP contribution in [0.4, 0.5) is 4.39 Å². The van der Waals surface area contributed by atoms with Gasteiger partial charge in [0.25, 0.3) is 0 Å². The summed E-state index contributed by atoms with van der Waals surface area (Å²) in [5.74, 6) is -0.662. The number of nitrogens with zero attached hydrogens (tertiary/aromatic N) is 1. The summed E-state index contributed by atoms with van der Waals surface area (Å²) in [6.07, 6.45) is 2.58. The molecular weight excluding hydrogens is 357 g/mol. The van der Waals surface area contributed by atoms with Crippen molar-refractivity contribution >= 4 is 28.3 Å². The number of benzene rings is 1. The van der Waals surface area contributed by atoms with Crippen molar-refractivity contribution in [3.05, 3.63) is 30.1 Å². The van der Waals surface area contributed by atoms with Gasteiger partial charge in [0.2, 0.25) is 15.9 Å². The van der Waals surface area contributed by atoms with Crippen LogP contribution < -0.4 is 11.1 Å². The number of halogens is 2. The lowest BCUT2D eigenvalue weighted by Gasteiger charge is -2.34. The van der Waals surface area contributed by atoms with Crippen LogP contribution in [0.15, 0.2) is 29.2 Å². The molecule has 6 nitrogen and oxygen atoms in total. The second-order valence-electron chi connectivity index (χ2n) is 5.56. The topological polar surface area (TPSA) is 92.5 Å². The van der Waals surface area contributed by atoms with Crippen LogP contribution in [0.1, 0.15) is 25.7 Å². The van der Waals surface area contributed by atoms with Crippen molar-refractivity contribution in [3.8, 4) is 0 Å². The van der Waals surface area contributed by atoms with Gasteiger partial charge in [-0.15, -0.1) is 12.4 Å². The average molecular weight is 380 g/mol. The van der Waals surface area contributed by atoms with Gasteiger partial charge < -0.3 is 11.1 Å². The lowest BCUT2D eigenvalue weighted by molar-refractivity contribution is -0.121. The van der Waals surface area contributed by atoms with Crippen molar-refractivity contribution < 1.29 is 17.6 Å². The molecule has 1 unspecified atom stereocenters. The summed E-state index contributed by atoms with van der Waals surface area (Å²) in [6, 6.07) is 4.51.